The van der Waals surface area contributed by atoms with Gasteiger partial charge in [0.25, 0.3) is 0 Å². The minimum atomic E-state index is 0.604. The maximum Gasteiger partial charge on any atom is 0.113 e. The highest BCUT2D eigenvalue weighted by Crippen LogP contribution is 2.17. The van der Waals surface area contributed by atoms with E-state index < -0.39 is 0 Å². The molecule has 0 atom stereocenters. The first-order valence-electron chi connectivity index (χ1n) is 3.79. The summed E-state index contributed by atoms with van der Waals surface area (Å²) in [6.07, 6.45) is 1.84. The van der Waals surface area contributed by atoms with E-state index in [9.17, 15) is 0 Å². The Morgan fingerprint density at radius 2 is 2.31 bits per heavy atom. The third kappa shape index (κ3) is 1.70. The van der Waals surface area contributed by atoms with Crippen molar-refractivity contribution in [2.24, 2.45) is 7.05 Å². The second kappa shape index (κ2) is 3.18. The summed E-state index contributed by atoms with van der Waals surface area (Å²) in [5.74, 6) is 0. The minimum Gasteiger partial charge on any atom is -0.255 e. The molecule has 0 aliphatic rings. The molecule has 0 saturated heterocycles. The number of hydrogen-bond acceptors (Lipinski definition) is 2. The average Bonchev–Trinajstić information content (AvgIpc) is 2.53. The number of halogens is 1. The van der Waals surface area contributed by atoms with Crippen molar-refractivity contribution < 1.29 is 0 Å². The van der Waals surface area contributed by atoms with Crippen LogP contribution in [0.1, 0.15) is 0 Å². The second-order valence-electron chi connectivity index (χ2n) is 2.70. The molecular formula is C9H7ClN3. The Balaban J connectivity index is 2.41. The van der Waals surface area contributed by atoms with Crippen molar-refractivity contribution in [2.75, 3.05) is 0 Å². The zero-order valence-corrected chi connectivity index (χ0v) is 7.78. The monoisotopic (exact) mass is 192 g/mol. The number of hydrogen-bond donors (Lipinski definition) is 0. The lowest BCUT2D eigenvalue weighted by atomic mass is 10.2. The standard InChI is InChI=1S/C9H7ClN3/c1-13-6-9(11-12-13)7-2-4-8(10)5-3-7/h2-4,6H,1H3. The maximum absolute atomic E-state index is 5.71. The van der Waals surface area contributed by atoms with Crippen LogP contribution in [0.2, 0.25) is 5.02 Å². The Kier molecular flexibility index (Phi) is 2.02. The normalized spacial score (nSPS) is 10.3. The van der Waals surface area contributed by atoms with Crippen LogP contribution in [-0.4, -0.2) is 15.0 Å². The Morgan fingerprint density at radius 3 is 2.85 bits per heavy atom. The highest BCUT2D eigenvalue weighted by molar-refractivity contribution is 6.30. The SMILES string of the molecule is Cn1cc(-c2c[c]c(Cl)cc2)nn1. The topological polar surface area (TPSA) is 30.7 Å². The van der Waals surface area contributed by atoms with Gasteiger partial charge in [0, 0.05) is 23.7 Å². The molecule has 0 saturated carbocycles. The van der Waals surface area contributed by atoms with Crippen molar-refractivity contribution in [3.05, 3.63) is 35.5 Å². The molecule has 0 N–H and O–H groups in total. The number of aryl methyl sites for hydroxylation is 1. The summed E-state index contributed by atoms with van der Waals surface area (Å²) < 4.78 is 1.66. The van der Waals surface area contributed by atoms with Gasteiger partial charge in [-0.1, -0.05) is 22.9 Å². The van der Waals surface area contributed by atoms with Gasteiger partial charge in [-0.25, -0.2) is 0 Å². The number of rotatable bonds is 1. The van der Waals surface area contributed by atoms with Crippen LogP contribution in [0.4, 0.5) is 0 Å². The zero-order chi connectivity index (χ0) is 9.26. The summed E-state index contributed by atoms with van der Waals surface area (Å²) in [5, 5.41) is 8.41. The van der Waals surface area contributed by atoms with Gasteiger partial charge in [0.15, 0.2) is 0 Å². The molecule has 0 fully saturated rings. The van der Waals surface area contributed by atoms with Gasteiger partial charge in [0.1, 0.15) is 5.69 Å². The lowest BCUT2D eigenvalue weighted by Crippen LogP contribution is -1.85. The third-order valence-corrected chi connectivity index (χ3v) is 1.91. The third-order valence-electron chi connectivity index (χ3n) is 1.67. The quantitative estimate of drug-likeness (QED) is 0.692. The van der Waals surface area contributed by atoms with Crippen LogP contribution >= 0.6 is 11.6 Å². The van der Waals surface area contributed by atoms with Crippen LogP contribution in [0.3, 0.4) is 0 Å². The molecule has 4 heteroatoms. The molecule has 13 heavy (non-hydrogen) atoms. The van der Waals surface area contributed by atoms with Crippen LogP contribution in [0.15, 0.2) is 24.4 Å². The zero-order valence-electron chi connectivity index (χ0n) is 7.03. The summed E-state index contributed by atoms with van der Waals surface area (Å²) in [4.78, 5) is 0. The molecule has 2 rings (SSSR count). The van der Waals surface area contributed by atoms with E-state index in [1.807, 2.05) is 19.3 Å². The minimum absolute atomic E-state index is 0.604. The number of benzene rings is 1. The van der Waals surface area contributed by atoms with E-state index in [-0.39, 0.29) is 0 Å². The predicted octanol–water partition coefficient (Wildman–Crippen LogP) is 1.94. The van der Waals surface area contributed by atoms with E-state index in [0.717, 1.165) is 11.3 Å². The molecular weight excluding hydrogens is 186 g/mol. The van der Waals surface area contributed by atoms with Crippen molar-refractivity contribution >= 4 is 11.6 Å². The van der Waals surface area contributed by atoms with Gasteiger partial charge in [0.05, 0.1) is 6.20 Å². The smallest absolute Gasteiger partial charge is 0.113 e. The molecule has 1 aromatic carbocycles. The lowest BCUT2D eigenvalue weighted by molar-refractivity contribution is 0.715. The molecule has 2 aromatic rings. The van der Waals surface area contributed by atoms with Crippen molar-refractivity contribution in [2.45, 2.75) is 0 Å². The van der Waals surface area contributed by atoms with Crippen LogP contribution in [0.5, 0.6) is 0 Å². The highest BCUT2D eigenvalue weighted by Gasteiger charge is 2.00. The maximum atomic E-state index is 5.71. The largest absolute Gasteiger partial charge is 0.255 e. The average molecular weight is 193 g/mol. The van der Waals surface area contributed by atoms with Crippen molar-refractivity contribution in [3.63, 3.8) is 0 Å². The van der Waals surface area contributed by atoms with E-state index in [0.29, 0.717) is 5.02 Å². The molecule has 3 nitrogen and oxygen atoms in total. The van der Waals surface area contributed by atoms with Crippen molar-refractivity contribution in [3.8, 4) is 11.3 Å². The van der Waals surface area contributed by atoms with Crippen LogP contribution in [0, 0.1) is 6.07 Å². The molecule has 1 heterocycles. The summed E-state index contributed by atoms with van der Waals surface area (Å²) in [6.45, 7) is 0. The van der Waals surface area contributed by atoms with Crippen LogP contribution in [-0.2, 0) is 7.05 Å². The number of aromatic nitrogens is 3. The molecule has 0 aliphatic heterocycles. The Hall–Kier alpha value is -1.35. The molecule has 1 aromatic heterocycles. The van der Waals surface area contributed by atoms with Crippen LogP contribution < -0.4 is 0 Å². The second-order valence-corrected chi connectivity index (χ2v) is 3.11. The van der Waals surface area contributed by atoms with Gasteiger partial charge >= 0.3 is 0 Å². The van der Waals surface area contributed by atoms with Gasteiger partial charge < -0.3 is 0 Å². The van der Waals surface area contributed by atoms with Gasteiger partial charge in [-0.15, -0.1) is 5.10 Å². The van der Waals surface area contributed by atoms with Crippen molar-refractivity contribution in [1.82, 2.24) is 15.0 Å². The fraction of sp³-hybridized carbons (Fsp3) is 0.111. The summed E-state index contributed by atoms with van der Waals surface area (Å²) in [5.41, 5.74) is 1.80. The highest BCUT2D eigenvalue weighted by atomic mass is 35.5. The lowest BCUT2D eigenvalue weighted by Gasteiger charge is -1.93. The molecule has 0 unspecified atom stereocenters. The van der Waals surface area contributed by atoms with Gasteiger partial charge in [-0.05, 0) is 12.1 Å². The molecule has 0 bridgehead atoms. The van der Waals surface area contributed by atoms with Crippen LogP contribution in [0.25, 0.3) is 11.3 Å². The fourth-order valence-electron chi connectivity index (χ4n) is 1.04. The summed E-state index contributed by atoms with van der Waals surface area (Å²) in [7, 11) is 1.83. The first-order chi connectivity index (χ1) is 6.25. The molecule has 0 aliphatic carbocycles. The fourth-order valence-corrected chi connectivity index (χ4v) is 1.16. The first kappa shape index (κ1) is 8.26. The van der Waals surface area contributed by atoms with Gasteiger partial charge in [-0.3, -0.25) is 4.68 Å². The Labute approximate surface area is 81.0 Å². The predicted molar refractivity (Wildman–Crippen MR) is 50.3 cm³/mol. The summed E-state index contributed by atoms with van der Waals surface area (Å²) >= 11 is 5.71. The van der Waals surface area contributed by atoms with E-state index >= 15 is 0 Å². The van der Waals surface area contributed by atoms with Gasteiger partial charge in [0.2, 0.25) is 0 Å². The molecule has 65 valence electrons. The molecule has 0 amide bonds. The van der Waals surface area contributed by atoms with E-state index in [1.54, 1.807) is 16.8 Å². The first-order valence-corrected chi connectivity index (χ1v) is 4.17. The van der Waals surface area contributed by atoms with Gasteiger partial charge in [-0.2, -0.15) is 0 Å². The number of nitrogens with zero attached hydrogens (tertiary/aromatic N) is 3. The summed E-state index contributed by atoms with van der Waals surface area (Å²) in [6, 6.07) is 8.37. The molecule has 1 radical (unpaired) electrons. The molecule has 0 spiro atoms. The van der Waals surface area contributed by atoms with Crippen molar-refractivity contribution in [1.29, 1.82) is 0 Å². The Morgan fingerprint density at radius 1 is 1.46 bits per heavy atom. The van der Waals surface area contributed by atoms with E-state index in [1.165, 1.54) is 0 Å². The van der Waals surface area contributed by atoms with E-state index in [2.05, 4.69) is 16.4 Å². The Bertz CT molecular complexity index is 405. The van der Waals surface area contributed by atoms with E-state index in [4.69, 9.17) is 11.6 Å².